The maximum Gasteiger partial charge on any atom is 0.406 e. The standard InChI is InChI=1S/C26H23F3N6O3/c1-37-23-11-17(7-9-19(23)18-12-30-25(38-2)31-13-18)20-14-35(33-32-20)22-10-8-16-5-3-4-6-21(16)34(24(22)36)15-26(27,28)29/h3-7,9,11-14,22H,8,10,15H2,1-2H3. The minimum atomic E-state index is -4.56. The van der Waals surface area contributed by atoms with E-state index in [1.54, 1.807) is 48.9 Å². The number of carbonyl (C=O) groups is 1. The van der Waals surface area contributed by atoms with Crippen LogP contribution < -0.4 is 14.4 Å². The Labute approximate surface area is 215 Å². The molecule has 0 radical (unpaired) electrons. The number of methoxy groups -OCH3 is 2. The fourth-order valence-corrected chi connectivity index (χ4v) is 4.50. The molecule has 2 aromatic heterocycles. The summed E-state index contributed by atoms with van der Waals surface area (Å²) in [5, 5.41) is 8.32. The van der Waals surface area contributed by atoms with Crippen LogP contribution in [0.3, 0.4) is 0 Å². The number of hydrogen-bond acceptors (Lipinski definition) is 7. The first-order chi connectivity index (χ1) is 18.3. The lowest BCUT2D eigenvalue weighted by molar-refractivity contribution is -0.134. The van der Waals surface area contributed by atoms with E-state index in [0.29, 0.717) is 34.6 Å². The molecule has 0 saturated heterocycles. The molecule has 196 valence electrons. The second-order valence-corrected chi connectivity index (χ2v) is 8.68. The number of para-hydroxylation sites is 1. The van der Waals surface area contributed by atoms with Crippen LogP contribution >= 0.6 is 0 Å². The quantitative estimate of drug-likeness (QED) is 0.367. The maximum atomic E-state index is 13.4. The second-order valence-electron chi connectivity index (χ2n) is 8.68. The van der Waals surface area contributed by atoms with Crippen molar-refractivity contribution in [3.8, 4) is 34.1 Å². The summed E-state index contributed by atoms with van der Waals surface area (Å²) in [6, 6.07) is 11.3. The van der Waals surface area contributed by atoms with E-state index < -0.39 is 24.7 Å². The highest BCUT2D eigenvalue weighted by Gasteiger charge is 2.39. The smallest absolute Gasteiger partial charge is 0.406 e. The van der Waals surface area contributed by atoms with E-state index in [1.165, 1.54) is 25.0 Å². The van der Waals surface area contributed by atoms with Crippen molar-refractivity contribution in [2.24, 2.45) is 0 Å². The van der Waals surface area contributed by atoms with Gasteiger partial charge in [0.1, 0.15) is 24.0 Å². The van der Waals surface area contributed by atoms with E-state index in [9.17, 15) is 18.0 Å². The normalized spacial score (nSPS) is 15.7. The molecular formula is C26H23F3N6O3. The Bertz CT molecular complexity index is 1460. The molecule has 0 spiro atoms. The lowest BCUT2D eigenvalue weighted by atomic mass is 10.0. The van der Waals surface area contributed by atoms with Crippen LogP contribution in [0.15, 0.2) is 61.1 Å². The van der Waals surface area contributed by atoms with Crippen LogP contribution in [-0.4, -0.2) is 57.8 Å². The molecule has 1 aliphatic rings. The largest absolute Gasteiger partial charge is 0.496 e. The summed E-state index contributed by atoms with van der Waals surface area (Å²) in [6.07, 6.45) is 0.938. The van der Waals surface area contributed by atoms with Gasteiger partial charge in [0.05, 0.1) is 20.4 Å². The Kier molecular flexibility index (Phi) is 6.70. The Hall–Kier alpha value is -4.48. The van der Waals surface area contributed by atoms with E-state index in [4.69, 9.17) is 9.47 Å². The Morgan fingerprint density at radius 3 is 2.50 bits per heavy atom. The van der Waals surface area contributed by atoms with Crippen LogP contribution in [0.4, 0.5) is 18.9 Å². The average Bonchev–Trinajstić information content (AvgIpc) is 3.36. The van der Waals surface area contributed by atoms with Gasteiger partial charge in [0.15, 0.2) is 0 Å². The number of alkyl halides is 3. The number of ether oxygens (including phenoxy) is 2. The minimum absolute atomic E-state index is 0.242. The molecular weight excluding hydrogens is 501 g/mol. The molecule has 0 saturated carbocycles. The summed E-state index contributed by atoms with van der Waals surface area (Å²) in [5.74, 6) is -0.153. The molecule has 1 atom stereocenters. The summed E-state index contributed by atoms with van der Waals surface area (Å²) in [6.45, 7) is -1.38. The van der Waals surface area contributed by atoms with Crippen LogP contribution in [0.5, 0.6) is 11.8 Å². The minimum Gasteiger partial charge on any atom is -0.496 e. The fraction of sp³-hybridized carbons (Fsp3) is 0.269. The number of benzene rings is 2. The number of anilines is 1. The van der Waals surface area contributed by atoms with Crippen molar-refractivity contribution in [2.45, 2.75) is 25.1 Å². The number of aryl methyl sites for hydroxylation is 1. The molecule has 0 N–H and O–H groups in total. The van der Waals surface area contributed by atoms with Gasteiger partial charge < -0.3 is 14.4 Å². The number of amides is 1. The third kappa shape index (κ3) is 5.01. The number of fused-ring (bicyclic) bond motifs is 1. The van der Waals surface area contributed by atoms with E-state index in [1.807, 2.05) is 6.07 Å². The first-order valence-electron chi connectivity index (χ1n) is 11.7. The van der Waals surface area contributed by atoms with Crippen molar-refractivity contribution >= 4 is 11.6 Å². The van der Waals surface area contributed by atoms with Crippen LogP contribution in [0.25, 0.3) is 22.4 Å². The molecule has 1 aliphatic heterocycles. The van der Waals surface area contributed by atoms with Gasteiger partial charge >= 0.3 is 12.2 Å². The third-order valence-corrected chi connectivity index (χ3v) is 6.31. The SMILES string of the molecule is COc1ncc(-c2ccc(-c3cn(C4CCc5ccccc5N(CC(F)(F)F)C4=O)nn3)cc2OC)cn1. The van der Waals surface area contributed by atoms with Gasteiger partial charge in [-0.25, -0.2) is 14.6 Å². The molecule has 2 aromatic carbocycles. The Morgan fingerprint density at radius 2 is 1.79 bits per heavy atom. The summed E-state index contributed by atoms with van der Waals surface area (Å²) in [7, 11) is 3.01. The number of aromatic nitrogens is 5. The summed E-state index contributed by atoms with van der Waals surface area (Å²) in [5.41, 5.74) is 3.49. The van der Waals surface area contributed by atoms with Crippen molar-refractivity contribution in [3.05, 3.63) is 66.6 Å². The van der Waals surface area contributed by atoms with Crippen molar-refractivity contribution in [2.75, 3.05) is 25.7 Å². The van der Waals surface area contributed by atoms with E-state index in [0.717, 1.165) is 10.5 Å². The lowest BCUT2D eigenvalue weighted by Crippen LogP contribution is -2.42. The molecule has 0 aliphatic carbocycles. The van der Waals surface area contributed by atoms with Crippen LogP contribution in [0.1, 0.15) is 18.0 Å². The van der Waals surface area contributed by atoms with Gasteiger partial charge in [0.25, 0.3) is 5.91 Å². The summed E-state index contributed by atoms with van der Waals surface area (Å²) < 4.78 is 52.1. The van der Waals surface area contributed by atoms with Gasteiger partial charge in [-0.1, -0.05) is 29.5 Å². The number of nitrogens with zero attached hydrogens (tertiary/aromatic N) is 6. The zero-order valence-electron chi connectivity index (χ0n) is 20.5. The molecule has 4 aromatic rings. The van der Waals surface area contributed by atoms with Crippen LogP contribution in [0.2, 0.25) is 0 Å². The van der Waals surface area contributed by atoms with Crippen LogP contribution in [0, 0.1) is 0 Å². The van der Waals surface area contributed by atoms with Crippen molar-refractivity contribution in [1.29, 1.82) is 0 Å². The monoisotopic (exact) mass is 524 g/mol. The molecule has 0 bridgehead atoms. The van der Waals surface area contributed by atoms with Gasteiger partial charge in [-0.2, -0.15) is 13.2 Å². The van der Waals surface area contributed by atoms with Crippen LogP contribution in [-0.2, 0) is 11.2 Å². The Balaban J connectivity index is 1.45. The van der Waals surface area contributed by atoms with Gasteiger partial charge in [-0.05, 0) is 36.6 Å². The highest BCUT2D eigenvalue weighted by molar-refractivity contribution is 5.97. The highest BCUT2D eigenvalue weighted by atomic mass is 19.4. The van der Waals surface area contributed by atoms with E-state index in [-0.39, 0.29) is 18.1 Å². The highest BCUT2D eigenvalue weighted by Crippen LogP contribution is 2.36. The van der Waals surface area contributed by atoms with Gasteiger partial charge in [-0.15, -0.1) is 5.10 Å². The van der Waals surface area contributed by atoms with Crippen molar-refractivity contribution in [1.82, 2.24) is 25.0 Å². The number of rotatable bonds is 6. The molecule has 9 nitrogen and oxygen atoms in total. The average molecular weight is 525 g/mol. The molecule has 1 unspecified atom stereocenters. The number of halogens is 3. The molecule has 3 heterocycles. The maximum absolute atomic E-state index is 13.4. The topological polar surface area (TPSA) is 95.3 Å². The molecule has 12 heteroatoms. The van der Waals surface area contributed by atoms with E-state index >= 15 is 0 Å². The summed E-state index contributed by atoms with van der Waals surface area (Å²) in [4.78, 5) is 22.4. The molecule has 5 rings (SSSR count). The summed E-state index contributed by atoms with van der Waals surface area (Å²) >= 11 is 0. The first kappa shape index (κ1) is 25.2. The predicted molar refractivity (Wildman–Crippen MR) is 132 cm³/mol. The molecule has 38 heavy (non-hydrogen) atoms. The predicted octanol–water partition coefficient (Wildman–Crippen LogP) is 4.50. The Morgan fingerprint density at radius 1 is 1.03 bits per heavy atom. The number of carbonyl (C=O) groups excluding carboxylic acids is 1. The van der Waals surface area contributed by atoms with Crippen molar-refractivity contribution < 1.29 is 27.4 Å². The van der Waals surface area contributed by atoms with Gasteiger partial charge in [0, 0.05) is 34.8 Å². The molecule has 0 fully saturated rings. The zero-order valence-corrected chi connectivity index (χ0v) is 20.5. The first-order valence-corrected chi connectivity index (χ1v) is 11.7. The van der Waals surface area contributed by atoms with Gasteiger partial charge in [0.2, 0.25) is 0 Å². The van der Waals surface area contributed by atoms with Crippen molar-refractivity contribution in [3.63, 3.8) is 0 Å². The lowest BCUT2D eigenvalue weighted by Gasteiger charge is -2.26. The molecule has 1 amide bonds. The second kappa shape index (κ2) is 10.1. The number of hydrogen-bond donors (Lipinski definition) is 0. The van der Waals surface area contributed by atoms with Gasteiger partial charge in [-0.3, -0.25) is 4.79 Å². The fourth-order valence-electron chi connectivity index (χ4n) is 4.50. The van der Waals surface area contributed by atoms with E-state index in [2.05, 4.69) is 20.3 Å². The zero-order chi connectivity index (χ0) is 26.9. The third-order valence-electron chi connectivity index (χ3n) is 6.31.